The van der Waals surface area contributed by atoms with Crippen LogP contribution in [0.3, 0.4) is 0 Å². The van der Waals surface area contributed by atoms with Gasteiger partial charge >= 0.3 is 6.18 Å². The van der Waals surface area contributed by atoms with E-state index in [9.17, 15) is 18.0 Å². The number of benzene rings is 1. The van der Waals surface area contributed by atoms with E-state index in [0.29, 0.717) is 36.9 Å². The Morgan fingerprint density at radius 3 is 2.67 bits per heavy atom. The van der Waals surface area contributed by atoms with Crippen molar-refractivity contribution in [2.24, 2.45) is 17.3 Å². The number of fused-ring (bicyclic) bond motifs is 1. The molecule has 1 unspecified atom stereocenters. The summed E-state index contributed by atoms with van der Waals surface area (Å²) in [4.78, 5) is 21.2. The average molecular weight is 412 g/mol. The van der Waals surface area contributed by atoms with E-state index in [4.69, 9.17) is 5.26 Å². The van der Waals surface area contributed by atoms with Gasteiger partial charge in [-0.15, -0.1) is 0 Å². The number of hydrogen-bond acceptors (Lipinski definition) is 4. The molecule has 3 atom stereocenters. The Morgan fingerprint density at radius 2 is 2.03 bits per heavy atom. The molecule has 3 fully saturated rings. The number of halogens is 3. The summed E-state index contributed by atoms with van der Waals surface area (Å²) in [6.45, 7) is 3.70. The average Bonchev–Trinajstić information content (AvgIpc) is 3.29. The first-order valence-electron chi connectivity index (χ1n) is 9.86. The molecule has 1 amide bonds. The van der Waals surface area contributed by atoms with Crippen molar-refractivity contribution < 1.29 is 18.0 Å². The fraction of sp³-hybridized carbons (Fsp3) is 0.409. The third-order valence-corrected chi connectivity index (χ3v) is 6.90. The summed E-state index contributed by atoms with van der Waals surface area (Å²) in [6, 6.07) is 9.85. The summed E-state index contributed by atoms with van der Waals surface area (Å²) >= 11 is 0. The minimum Gasteiger partial charge on any atom is -0.356 e. The standard InChI is InChI=1S/C22H19F3N4O/c1-13-8-14(9-26)2-4-18(13)29-11-17-16-6-7-28(12-21(16,17)20(29)30)19-5-3-15(10-27-19)22(23,24)25/h2-5,8,10,16-17H,6-7,11-12H2,1H3/t16-,17?,21+/m0/s1. The van der Waals surface area contributed by atoms with Crippen molar-refractivity contribution >= 4 is 17.4 Å². The van der Waals surface area contributed by atoms with Crippen LogP contribution in [-0.4, -0.2) is 30.5 Å². The topological polar surface area (TPSA) is 60.2 Å². The van der Waals surface area contributed by atoms with Crippen LogP contribution in [0.25, 0.3) is 0 Å². The lowest BCUT2D eigenvalue weighted by atomic mass is 9.95. The van der Waals surface area contributed by atoms with E-state index in [0.717, 1.165) is 29.9 Å². The van der Waals surface area contributed by atoms with Crippen molar-refractivity contribution in [1.29, 1.82) is 5.26 Å². The van der Waals surface area contributed by atoms with Gasteiger partial charge in [0, 0.05) is 31.5 Å². The van der Waals surface area contributed by atoms with E-state index in [1.807, 2.05) is 17.9 Å². The molecule has 5 nitrogen and oxygen atoms in total. The zero-order chi connectivity index (χ0) is 21.3. The van der Waals surface area contributed by atoms with Crippen LogP contribution in [0.2, 0.25) is 0 Å². The Hall–Kier alpha value is -3.08. The molecule has 2 aromatic rings. The Morgan fingerprint density at radius 1 is 1.23 bits per heavy atom. The third-order valence-electron chi connectivity index (χ3n) is 6.90. The number of aryl methyl sites for hydroxylation is 1. The maximum atomic E-state index is 13.4. The summed E-state index contributed by atoms with van der Waals surface area (Å²) in [5.74, 6) is 1.12. The molecule has 0 N–H and O–H groups in total. The smallest absolute Gasteiger partial charge is 0.356 e. The second-order valence-electron chi connectivity index (χ2n) is 8.40. The van der Waals surface area contributed by atoms with Crippen LogP contribution in [0.5, 0.6) is 0 Å². The van der Waals surface area contributed by atoms with Gasteiger partial charge in [-0.05, 0) is 61.1 Å². The minimum absolute atomic E-state index is 0.0712. The molecule has 0 bridgehead atoms. The molecule has 8 heteroatoms. The van der Waals surface area contributed by atoms with Crippen LogP contribution in [0, 0.1) is 35.5 Å². The molecule has 154 valence electrons. The molecule has 3 heterocycles. The first-order valence-corrected chi connectivity index (χ1v) is 9.86. The van der Waals surface area contributed by atoms with Crippen LogP contribution >= 0.6 is 0 Å². The molecule has 1 saturated carbocycles. The van der Waals surface area contributed by atoms with Crippen molar-refractivity contribution in [3.8, 4) is 6.07 Å². The monoisotopic (exact) mass is 412 g/mol. The van der Waals surface area contributed by atoms with Crippen molar-refractivity contribution in [1.82, 2.24) is 4.98 Å². The van der Waals surface area contributed by atoms with Crippen LogP contribution < -0.4 is 9.80 Å². The van der Waals surface area contributed by atoms with Gasteiger partial charge in [-0.1, -0.05) is 0 Å². The lowest BCUT2D eigenvalue weighted by Crippen LogP contribution is -2.45. The molecule has 0 radical (unpaired) electrons. The molecular formula is C22H19F3N4O. The second kappa shape index (κ2) is 6.21. The summed E-state index contributed by atoms with van der Waals surface area (Å²) in [6.07, 6.45) is -2.73. The molecule has 1 spiro atoms. The van der Waals surface area contributed by atoms with Gasteiger partial charge in [0.15, 0.2) is 0 Å². The van der Waals surface area contributed by atoms with E-state index >= 15 is 0 Å². The number of nitrogens with zero attached hydrogens (tertiary/aromatic N) is 4. The maximum absolute atomic E-state index is 13.4. The SMILES string of the molecule is Cc1cc(C#N)ccc1N1CC2[C@@H]3CCN(c4ccc(C(F)(F)F)cn4)C[C@]23C1=O. The van der Waals surface area contributed by atoms with Gasteiger partial charge in [0.1, 0.15) is 5.82 Å². The fourth-order valence-corrected chi connectivity index (χ4v) is 5.37. The van der Waals surface area contributed by atoms with Gasteiger partial charge in [0.25, 0.3) is 0 Å². The molecule has 2 saturated heterocycles. The van der Waals surface area contributed by atoms with Gasteiger partial charge in [0.05, 0.1) is 22.6 Å². The number of rotatable bonds is 2. The predicted molar refractivity (Wildman–Crippen MR) is 104 cm³/mol. The number of amides is 1. The molecule has 3 aliphatic rings. The van der Waals surface area contributed by atoms with Gasteiger partial charge < -0.3 is 9.80 Å². The van der Waals surface area contributed by atoms with Crippen molar-refractivity contribution in [3.05, 3.63) is 53.2 Å². The Balaban J connectivity index is 1.38. The predicted octanol–water partition coefficient (Wildman–Crippen LogP) is 3.77. The second-order valence-corrected chi connectivity index (χ2v) is 8.40. The van der Waals surface area contributed by atoms with E-state index in [-0.39, 0.29) is 11.8 Å². The molecule has 5 rings (SSSR count). The highest BCUT2D eigenvalue weighted by atomic mass is 19.4. The highest BCUT2D eigenvalue weighted by Gasteiger charge is 2.75. The van der Waals surface area contributed by atoms with Crippen LogP contribution in [0.1, 0.15) is 23.1 Å². The maximum Gasteiger partial charge on any atom is 0.417 e. The zero-order valence-electron chi connectivity index (χ0n) is 16.3. The first kappa shape index (κ1) is 18.9. The van der Waals surface area contributed by atoms with E-state index in [2.05, 4.69) is 11.1 Å². The zero-order valence-corrected chi connectivity index (χ0v) is 16.3. The number of anilines is 2. The largest absolute Gasteiger partial charge is 0.417 e. The highest BCUT2D eigenvalue weighted by molar-refractivity contribution is 6.04. The number of nitriles is 1. The van der Waals surface area contributed by atoms with Gasteiger partial charge in [-0.25, -0.2) is 4.98 Å². The summed E-state index contributed by atoms with van der Waals surface area (Å²) in [5.41, 5.74) is 1.00. The third kappa shape index (κ3) is 2.61. The lowest BCUT2D eigenvalue weighted by Gasteiger charge is -2.34. The Kier molecular flexibility index (Phi) is 3.91. The van der Waals surface area contributed by atoms with E-state index < -0.39 is 17.2 Å². The minimum atomic E-state index is -4.42. The van der Waals surface area contributed by atoms with Gasteiger partial charge in [-0.2, -0.15) is 18.4 Å². The molecule has 1 aromatic heterocycles. The van der Waals surface area contributed by atoms with Crippen molar-refractivity contribution in [2.75, 3.05) is 29.4 Å². The van der Waals surface area contributed by atoms with Crippen LogP contribution in [-0.2, 0) is 11.0 Å². The summed E-state index contributed by atoms with van der Waals surface area (Å²) in [7, 11) is 0. The highest BCUT2D eigenvalue weighted by Crippen LogP contribution is 2.68. The number of carbonyl (C=O) groups excluding carboxylic acids is 1. The number of piperidine rings is 2. The van der Waals surface area contributed by atoms with E-state index in [1.54, 1.807) is 17.0 Å². The molecule has 30 heavy (non-hydrogen) atoms. The summed E-state index contributed by atoms with van der Waals surface area (Å²) in [5, 5.41) is 9.07. The Bertz CT molecular complexity index is 1080. The van der Waals surface area contributed by atoms with Gasteiger partial charge in [-0.3, -0.25) is 4.79 Å². The molecule has 1 aromatic carbocycles. The van der Waals surface area contributed by atoms with Gasteiger partial charge in [0.2, 0.25) is 5.91 Å². The van der Waals surface area contributed by atoms with Crippen LogP contribution in [0.15, 0.2) is 36.5 Å². The molecular weight excluding hydrogens is 393 g/mol. The number of alkyl halides is 3. The number of aromatic nitrogens is 1. The quantitative estimate of drug-likeness (QED) is 0.754. The van der Waals surface area contributed by atoms with Crippen molar-refractivity contribution in [2.45, 2.75) is 19.5 Å². The Labute approximate surface area is 171 Å². The number of carbonyl (C=O) groups is 1. The molecule has 1 aliphatic carbocycles. The number of hydrogen-bond donors (Lipinski definition) is 0. The number of pyridine rings is 1. The van der Waals surface area contributed by atoms with Crippen LogP contribution in [0.4, 0.5) is 24.7 Å². The lowest BCUT2D eigenvalue weighted by molar-refractivity contribution is -0.137. The normalized spacial score (nSPS) is 27.5. The fourth-order valence-electron chi connectivity index (χ4n) is 5.37. The summed E-state index contributed by atoms with van der Waals surface area (Å²) < 4.78 is 38.5. The molecule has 2 aliphatic heterocycles. The van der Waals surface area contributed by atoms with Crippen molar-refractivity contribution in [3.63, 3.8) is 0 Å². The van der Waals surface area contributed by atoms with E-state index in [1.165, 1.54) is 6.07 Å². The first-order chi connectivity index (χ1) is 14.3.